The van der Waals surface area contributed by atoms with Crippen molar-refractivity contribution in [3.05, 3.63) is 59.7 Å². The van der Waals surface area contributed by atoms with Crippen molar-refractivity contribution >= 4 is 25.7 Å². The van der Waals surface area contributed by atoms with E-state index in [0.29, 0.717) is 54.7 Å². The first-order chi connectivity index (χ1) is 21.1. The van der Waals surface area contributed by atoms with Gasteiger partial charge in [-0.15, -0.1) is 0 Å². The maximum atomic E-state index is 13.9. The molecule has 2 aliphatic rings. The number of ether oxygens (including phenoxy) is 5. The molecule has 0 bridgehead atoms. The molecule has 0 N–H and O–H groups in total. The second-order valence-electron chi connectivity index (χ2n) is 10.3. The van der Waals surface area contributed by atoms with Crippen molar-refractivity contribution in [2.45, 2.75) is 22.8 Å². The first-order valence-electron chi connectivity index (χ1n) is 14.0. The summed E-state index contributed by atoms with van der Waals surface area (Å²) in [6.07, 6.45) is 0.534. The van der Waals surface area contributed by atoms with Gasteiger partial charge < -0.3 is 28.6 Å². The Morgan fingerprint density at radius 3 is 1.80 bits per heavy atom. The fraction of sp³-hybridized carbons (Fsp3) is 0.400. The summed E-state index contributed by atoms with van der Waals surface area (Å²) >= 11 is 0. The van der Waals surface area contributed by atoms with Crippen molar-refractivity contribution in [1.29, 1.82) is 0 Å². The number of anilines is 1. The highest BCUT2D eigenvalue weighted by molar-refractivity contribution is 7.89. The fourth-order valence-corrected chi connectivity index (χ4v) is 8.62. The maximum absolute atomic E-state index is 13.9. The Kier molecular flexibility index (Phi) is 9.16. The average molecular weight is 648 g/mol. The predicted octanol–water partition coefficient (Wildman–Crippen LogP) is 2.99. The zero-order valence-corrected chi connectivity index (χ0v) is 27.0. The second-order valence-corrected chi connectivity index (χ2v) is 14.2. The highest BCUT2D eigenvalue weighted by atomic mass is 32.2. The van der Waals surface area contributed by atoms with Crippen LogP contribution >= 0.6 is 0 Å². The number of benzene rings is 3. The lowest BCUT2D eigenvalue weighted by Crippen LogP contribution is -2.48. The Bertz CT molecular complexity index is 1740. The van der Waals surface area contributed by atoms with E-state index in [1.165, 1.54) is 42.1 Å². The minimum absolute atomic E-state index is 0.0256. The molecule has 44 heavy (non-hydrogen) atoms. The van der Waals surface area contributed by atoms with E-state index in [4.69, 9.17) is 23.7 Å². The van der Waals surface area contributed by atoms with Gasteiger partial charge in [0.05, 0.1) is 46.1 Å². The average Bonchev–Trinajstić information content (AvgIpc) is 3.06. The van der Waals surface area contributed by atoms with Crippen LogP contribution in [0.4, 0.5) is 5.69 Å². The first-order valence-corrected chi connectivity index (χ1v) is 16.8. The molecule has 0 saturated carbocycles. The van der Waals surface area contributed by atoms with Gasteiger partial charge in [-0.05, 0) is 60.0 Å². The molecule has 0 unspecified atom stereocenters. The summed E-state index contributed by atoms with van der Waals surface area (Å²) in [4.78, 5) is 2.10. The van der Waals surface area contributed by atoms with Crippen molar-refractivity contribution in [2.24, 2.45) is 0 Å². The first kappa shape index (κ1) is 31.7. The van der Waals surface area contributed by atoms with Gasteiger partial charge in [0, 0.05) is 45.3 Å². The van der Waals surface area contributed by atoms with E-state index in [1.807, 2.05) is 17.0 Å². The topological polar surface area (TPSA) is 124 Å². The van der Waals surface area contributed by atoms with Crippen LogP contribution in [0.25, 0.3) is 0 Å². The van der Waals surface area contributed by atoms with Gasteiger partial charge in [-0.3, -0.25) is 0 Å². The molecule has 0 aromatic heterocycles. The molecule has 0 spiro atoms. The molecule has 0 amide bonds. The van der Waals surface area contributed by atoms with Crippen molar-refractivity contribution < 1.29 is 40.5 Å². The molecular formula is C30H37N3O9S2. The third kappa shape index (κ3) is 5.86. The van der Waals surface area contributed by atoms with Crippen molar-refractivity contribution in [1.82, 2.24) is 8.61 Å². The van der Waals surface area contributed by atoms with E-state index in [1.54, 1.807) is 38.5 Å². The Labute approximate surface area is 258 Å². The summed E-state index contributed by atoms with van der Waals surface area (Å²) in [5.41, 5.74) is 2.45. The Morgan fingerprint density at radius 1 is 0.568 bits per heavy atom. The highest BCUT2D eigenvalue weighted by Gasteiger charge is 2.34. The van der Waals surface area contributed by atoms with Gasteiger partial charge in [0.1, 0.15) is 22.1 Å². The number of methoxy groups -OCH3 is 5. The van der Waals surface area contributed by atoms with Crippen LogP contribution in [0.2, 0.25) is 0 Å². The Morgan fingerprint density at radius 2 is 1.18 bits per heavy atom. The van der Waals surface area contributed by atoms with Gasteiger partial charge in [-0.1, -0.05) is 0 Å². The number of rotatable bonds is 10. The number of nitrogens with zero attached hydrogens (tertiary/aromatic N) is 3. The summed E-state index contributed by atoms with van der Waals surface area (Å²) in [6.45, 7) is 1.52. The summed E-state index contributed by atoms with van der Waals surface area (Å²) in [7, 11) is -0.224. The van der Waals surface area contributed by atoms with Gasteiger partial charge in [0.15, 0.2) is 11.5 Å². The van der Waals surface area contributed by atoms with Gasteiger partial charge in [-0.2, -0.15) is 8.61 Å². The number of fused-ring (bicyclic) bond motifs is 1. The summed E-state index contributed by atoms with van der Waals surface area (Å²) in [6, 6.07) is 13.2. The molecule has 0 atom stereocenters. The number of hydrogen-bond donors (Lipinski definition) is 0. The lowest BCUT2D eigenvalue weighted by atomic mass is 10.0. The van der Waals surface area contributed by atoms with Crippen LogP contribution in [0.1, 0.15) is 11.1 Å². The second kappa shape index (κ2) is 12.7. The molecule has 1 saturated heterocycles. The van der Waals surface area contributed by atoms with Crippen molar-refractivity contribution in [3.63, 3.8) is 0 Å². The minimum atomic E-state index is -3.89. The Balaban J connectivity index is 1.37. The van der Waals surface area contributed by atoms with Crippen LogP contribution in [0.5, 0.6) is 28.7 Å². The molecule has 0 radical (unpaired) electrons. The van der Waals surface area contributed by atoms with Crippen molar-refractivity contribution in [2.75, 3.05) is 73.2 Å². The molecule has 0 aliphatic carbocycles. The van der Waals surface area contributed by atoms with Crippen LogP contribution in [-0.2, 0) is 33.0 Å². The SMILES string of the molecule is COc1ccc(OC)c(S(=O)(=O)N2CCN(c3cc(S(=O)(=O)N4CCc5cc(OC)c(OC)cc5C4)ccc3OC)CC2)c1. The quantitative estimate of drug-likeness (QED) is 0.325. The van der Waals surface area contributed by atoms with E-state index in [2.05, 4.69) is 0 Å². The zero-order chi connectivity index (χ0) is 31.6. The lowest BCUT2D eigenvalue weighted by Gasteiger charge is -2.36. The molecule has 3 aromatic rings. The Hall–Kier alpha value is -3.72. The van der Waals surface area contributed by atoms with Crippen LogP contribution < -0.4 is 28.6 Å². The predicted molar refractivity (Wildman–Crippen MR) is 164 cm³/mol. The third-order valence-electron chi connectivity index (χ3n) is 8.04. The van der Waals surface area contributed by atoms with E-state index >= 15 is 0 Å². The third-order valence-corrected chi connectivity index (χ3v) is 11.8. The molecular weight excluding hydrogens is 610 g/mol. The normalized spacial score (nSPS) is 16.2. The molecule has 1 fully saturated rings. The molecule has 5 rings (SSSR count). The van der Waals surface area contributed by atoms with Crippen molar-refractivity contribution in [3.8, 4) is 28.7 Å². The molecule has 12 nitrogen and oxygen atoms in total. The summed E-state index contributed by atoms with van der Waals surface area (Å²) in [5, 5.41) is 0. The number of hydrogen-bond acceptors (Lipinski definition) is 10. The summed E-state index contributed by atoms with van der Waals surface area (Å²) < 4.78 is 84.7. The van der Waals surface area contributed by atoms with Gasteiger partial charge in [-0.25, -0.2) is 16.8 Å². The smallest absolute Gasteiger partial charge is 0.247 e. The molecule has 2 aliphatic heterocycles. The molecule has 3 aromatic carbocycles. The highest BCUT2D eigenvalue weighted by Crippen LogP contribution is 2.37. The monoisotopic (exact) mass is 647 g/mol. The molecule has 238 valence electrons. The van der Waals surface area contributed by atoms with Crippen LogP contribution in [0.15, 0.2) is 58.3 Å². The minimum Gasteiger partial charge on any atom is -0.497 e. The molecule has 2 heterocycles. The summed E-state index contributed by atoms with van der Waals surface area (Å²) in [5.74, 6) is 2.28. The standard InChI is InChI=1S/C30H37N3O9S2/c1-38-23-6-8-27(40-3)30(18-23)44(36,37)32-14-12-31(13-15-32)25-19-24(7-9-26(25)39-2)43(34,35)33-11-10-21-16-28(41-4)29(42-5)17-22(21)20-33/h6-9,16-19H,10-15,20H2,1-5H3. The zero-order valence-electron chi connectivity index (χ0n) is 25.4. The van der Waals surface area contributed by atoms with Gasteiger partial charge in [0.2, 0.25) is 20.0 Å². The van der Waals surface area contributed by atoms with E-state index < -0.39 is 20.0 Å². The maximum Gasteiger partial charge on any atom is 0.247 e. The molecule has 14 heteroatoms. The fourth-order valence-electron chi connectivity index (χ4n) is 5.58. The van der Waals surface area contributed by atoms with Crippen LogP contribution in [0.3, 0.4) is 0 Å². The number of sulfonamides is 2. The van der Waals surface area contributed by atoms with Gasteiger partial charge >= 0.3 is 0 Å². The van der Waals surface area contributed by atoms with E-state index in [9.17, 15) is 16.8 Å². The lowest BCUT2D eigenvalue weighted by molar-refractivity contribution is 0.348. The van der Waals surface area contributed by atoms with E-state index in [0.717, 1.165) is 11.1 Å². The van der Waals surface area contributed by atoms with Crippen LogP contribution in [0, 0.1) is 0 Å². The van der Waals surface area contributed by atoms with Crippen LogP contribution in [-0.4, -0.2) is 93.7 Å². The van der Waals surface area contributed by atoms with Gasteiger partial charge in [0.25, 0.3) is 0 Å². The largest absolute Gasteiger partial charge is 0.497 e. The number of piperazine rings is 1. The van der Waals surface area contributed by atoms with E-state index in [-0.39, 0.29) is 35.2 Å².